The molecule has 6 heteroatoms. The van der Waals surface area contributed by atoms with E-state index in [-0.39, 0.29) is 21.9 Å². The monoisotopic (exact) mass is 246 g/mol. The quantitative estimate of drug-likeness (QED) is 0.694. The van der Waals surface area contributed by atoms with Crippen LogP contribution < -0.4 is 10.2 Å². The van der Waals surface area contributed by atoms with E-state index in [9.17, 15) is 9.59 Å². The van der Waals surface area contributed by atoms with Crippen molar-refractivity contribution < 1.29 is 4.79 Å². The summed E-state index contributed by atoms with van der Waals surface area (Å²) in [6.45, 7) is 4.22. The van der Waals surface area contributed by atoms with Gasteiger partial charge in [-0.1, -0.05) is 25.2 Å². The number of aromatic amines is 1. The van der Waals surface area contributed by atoms with Crippen molar-refractivity contribution in [1.82, 2.24) is 10.3 Å². The van der Waals surface area contributed by atoms with E-state index in [1.165, 1.54) is 0 Å². The highest BCUT2D eigenvalue weighted by atomic mass is 32.1. The van der Waals surface area contributed by atoms with Crippen LogP contribution in [0.4, 0.5) is 0 Å². The topological polar surface area (TPSA) is 62.0 Å². The Morgan fingerprint density at radius 3 is 2.80 bits per heavy atom. The molecule has 0 radical (unpaired) electrons. The van der Waals surface area contributed by atoms with Gasteiger partial charge in [-0.05, 0) is 5.92 Å². The van der Waals surface area contributed by atoms with Crippen LogP contribution >= 0.6 is 24.0 Å². The highest BCUT2D eigenvalue weighted by Gasteiger charge is 2.17. The third-order valence-electron chi connectivity index (χ3n) is 1.92. The standard InChI is InChI=1S/C9H14N2O2S2/c1-5(2)7(14)8(12)10-3-6-4-15-9(13)11-6/h4-5,7,14H,3H2,1-2H3,(H,10,12)(H,11,13). The number of thiazole rings is 1. The third kappa shape index (κ3) is 3.71. The predicted octanol–water partition coefficient (Wildman–Crippen LogP) is 1.01. The molecule has 0 aliphatic rings. The molecule has 0 fully saturated rings. The fraction of sp³-hybridized carbons (Fsp3) is 0.556. The van der Waals surface area contributed by atoms with Crippen molar-refractivity contribution in [3.63, 3.8) is 0 Å². The number of nitrogens with one attached hydrogen (secondary N) is 2. The Balaban J connectivity index is 2.44. The van der Waals surface area contributed by atoms with Crippen LogP contribution in [0.15, 0.2) is 10.2 Å². The zero-order valence-corrected chi connectivity index (χ0v) is 10.3. The van der Waals surface area contributed by atoms with Crippen molar-refractivity contribution in [3.8, 4) is 0 Å². The summed E-state index contributed by atoms with van der Waals surface area (Å²) in [6, 6.07) is 0. The van der Waals surface area contributed by atoms with Gasteiger partial charge in [-0.15, -0.1) is 0 Å². The average molecular weight is 246 g/mol. The molecule has 0 aromatic carbocycles. The molecule has 0 bridgehead atoms. The molecule has 0 saturated carbocycles. The van der Waals surface area contributed by atoms with Crippen molar-refractivity contribution >= 4 is 29.9 Å². The molecule has 84 valence electrons. The summed E-state index contributed by atoms with van der Waals surface area (Å²) in [5.41, 5.74) is 0.725. The first kappa shape index (κ1) is 12.3. The number of rotatable bonds is 4. The molecule has 0 aliphatic carbocycles. The maximum Gasteiger partial charge on any atom is 0.304 e. The molecule has 0 spiro atoms. The number of hydrogen-bond acceptors (Lipinski definition) is 4. The molecular weight excluding hydrogens is 232 g/mol. The van der Waals surface area contributed by atoms with Crippen molar-refractivity contribution in [2.75, 3.05) is 0 Å². The molecule has 1 aromatic heterocycles. The number of thiol groups is 1. The smallest absolute Gasteiger partial charge is 0.304 e. The van der Waals surface area contributed by atoms with Crippen LogP contribution in [-0.4, -0.2) is 16.1 Å². The number of carbonyl (C=O) groups excluding carboxylic acids is 1. The maximum absolute atomic E-state index is 11.5. The zero-order chi connectivity index (χ0) is 11.4. The first-order valence-electron chi connectivity index (χ1n) is 4.63. The number of carbonyl (C=O) groups is 1. The van der Waals surface area contributed by atoms with E-state index >= 15 is 0 Å². The lowest BCUT2D eigenvalue weighted by molar-refractivity contribution is -0.121. The summed E-state index contributed by atoms with van der Waals surface area (Å²) < 4.78 is 0. The van der Waals surface area contributed by atoms with Crippen LogP contribution in [-0.2, 0) is 11.3 Å². The first-order valence-corrected chi connectivity index (χ1v) is 6.02. The Kier molecular flexibility index (Phi) is 4.41. The van der Waals surface area contributed by atoms with Crippen molar-refractivity contribution in [1.29, 1.82) is 0 Å². The van der Waals surface area contributed by atoms with E-state index < -0.39 is 0 Å². The molecule has 1 rings (SSSR count). The highest BCUT2D eigenvalue weighted by Crippen LogP contribution is 2.08. The fourth-order valence-corrected chi connectivity index (χ4v) is 1.66. The molecular formula is C9H14N2O2S2. The van der Waals surface area contributed by atoms with Crippen LogP contribution in [0, 0.1) is 5.92 Å². The fourth-order valence-electron chi connectivity index (χ4n) is 0.990. The van der Waals surface area contributed by atoms with E-state index in [1.807, 2.05) is 13.8 Å². The minimum Gasteiger partial charge on any atom is -0.350 e. The molecule has 1 aromatic rings. The molecule has 1 unspecified atom stereocenters. The van der Waals surface area contributed by atoms with Gasteiger partial charge in [0.1, 0.15) is 0 Å². The van der Waals surface area contributed by atoms with Crippen LogP contribution in [0.1, 0.15) is 19.5 Å². The number of amides is 1. The Morgan fingerprint density at radius 1 is 1.67 bits per heavy atom. The van der Waals surface area contributed by atoms with Crippen LogP contribution in [0.25, 0.3) is 0 Å². The summed E-state index contributed by atoms with van der Waals surface area (Å²) in [5.74, 6) is 0.0789. The summed E-state index contributed by atoms with van der Waals surface area (Å²) in [4.78, 5) is 24.8. The van der Waals surface area contributed by atoms with Gasteiger partial charge in [0.25, 0.3) is 0 Å². The molecule has 1 amide bonds. The van der Waals surface area contributed by atoms with Gasteiger partial charge in [-0.2, -0.15) is 12.6 Å². The number of H-pyrrole nitrogens is 1. The van der Waals surface area contributed by atoms with Gasteiger partial charge in [0.05, 0.1) is 11.8 Å². The summed E-state index contributed by atoms with van der Waals surface area (Å²) in [5, 5.41) is 4.10. The summed E-state index contributed by atoms with van der Waals surface area (Å²) in [7, 11) is 0. The molecule has 0 aliphatic heterocycles. The SMILES string of the molecule is CC(C)C(S)C(=O)NCc1csc(=O)[nH]1. The van der Waals surface area contributed by atoms with Gasteiger partial charge in [-0.3, -0.25) is 9.59 Å². The number of aromatic nitrogens is 1. The Morgan fingerprint density at radius 2 is 2.33 bits per heavy atom. The van der Waals surface area contributed by atoms with Crippen LogP contribution in [0.2, 0.25) is 0 Å². The van der Waals surface area contributed by atoms with E-state index in [0.717, 1.165) is 17.0 Å². The Bertz CT molecular complexity index is 383. The van der Waals surface area contributed by atoms with Gasteiger partial charge in [0.2, 0.25) is 5.91 Å². The molecule has 0 saturated heterocycles. The molecule has 4 nitrogen and oxygen atoms in total. The van der Waals surface area contributed by atoms with E-state index in [1.54, 1.807) is 5.38 Å². The van der Waals surface area contributed by atoms with Crippen LogP contribution in [0.5, 0.6) is 0 Å². The van der Waals surface area contributed by atoms with Gasteiger partial charge >= 0.3 is 4.87 Å². The van der Waals surface area contributed by atoms with Crippen LogP contribution in [0.3, 0.4) is 0 Å². The normalized spacial score (nSPS) is 12.8. The minimum atomic E-state index is -0.310. The predicted molar refractivity (Wildman–Crippen MR) is 64.4 cm³/mol. The second-order valence-electron chi connectivity index (χ2n) is 3.58. The van der Waals surface area contributed by atoms with Gasteiger partial charge < -0.3 is 10.3 Å². The number of hydrogen-bond donors (Lipinski definition) is 3. The Hall–Kier alpha value is -0.750. The summed E-state index contributed by atoms with van der Waals surface area (Å²) in [6.07, 6.45) is 0. The van der Waals surface area contributed by atoms with E-state index in [2.05, 4.69) is 22.9 Å². The lowest BCUT2D eigenvalue weighted by Gasteiger charge is -2.13. The maximum atomic E-state index is 11.5. The van der Waals surface area contributed by atoms with Crippen molar-refractivity contribution in [2.24, 2.45) is 5.92 Å². The zero-order valence-electron chi connectivity index (χ0n) is 8.61. The molecule has 15 heavy (non-hydrogen) atoms. The van der Waals surface area contributed by atoms with Gasteiger partial charge in [-0.25, -0.2) is 0 Å². The molecule has 1 atom stereocenters. The largest absolute Gasteiger partial charge is 0.350 e. The summed E-state index contributed by atoms with van der Waals surface area (Å²) >= 11 is 5.28. The average Bonchev–Trinajstić information content (AvgIpc) is 2.59. The minimum absolute atomic E-state index is 0.106. The lowest BCUT2D eigenvalue weighted by Crippen LogP contribution is -2.34. The second-order valence-corrected chi connectivity index (χ2v) is 4.98. The lowest BCUT2D eigenvalue weighted by atomic mass is 10.1. The molecule has 2 N–H and O–H groups in total. The van der Waals surface area contributed by atoms with Crippen molar-refractivity contribution in [2.45, 2.75) is 25.6 Å². The highest BCUT2D eigenvalue weighted by molar-refractivity contribution is 7.81. The third-order valence-corrected chi connectivity index (χ3v) is 3.47. The van der Waals surface area contributed by atoms with E-state index in [4.69, 9.17) is 0 Å². The van der Waals surface area contributed by atoms with Gasteiger partial charge in [0.15, 0.2) is 0 Å². The van der Waals surface area contributed by atoms with Gasteiger partial charge in [0, 0.05) is 11.1 Å². The molecule has 1 heterocycles. The van der Waals surface area contributed by atoms with Crippen molar-refractivity contribution in [3.05, 3.63) is 20.7 Å². The first-order chi connectivity index (χ1) is 7.00. The Labute approximate surface area is 97.5 Å². The second kappa shape index (κ2) is 5.37. The van der Waals surface area contributed by atoms with E-state index in [0.29, 0.717) is 6.54 Å².